The van der Waals surface area contributed by atoms with E-state index in [4.69, 9.17) is 0 Å². The molecular weight excluding hydrogens is 395 g/mol. The normalized spacial score (nSPS) is 41.9. The highest BCUT2D eigenvalue weighted by atomic mass is 19.1. The molecule has 0 saturated heterocycles. The molecule has 8 atom stereocenters. The molecular formula is C30H43FO. The van der Waals surface area contributed by atoms with Gasteiger partial charge < -0.3 is 5.11 Å². The lowest BCUT2D eigenvalue weighted by molar-refractivity contribution is -0.0572. The molecule has 5 rings (SSSR count). The lowest BCUT2D eigenvalue weighted by Crippen LogP contribution is -2.50. The van der Waals surface area contributed by atoms with Crippen LogP contribution in [-0.2, 0) is 6.42 Å². The van der Waals surface area contributed by atoms with Crippen LogP contribution in [0.4, 0.5) is 4.39 Å². The van der Waals surface area contributed by atoms with E-state index in [-0.39, 0.29) is 11.9 Å². The summed E-state index contributed by atoms with van der Waals surface area (Å²) in [5, 5.41) is 10.2. The molecule has 0 amide bonds. The maximum atomic E-state index is 13.2. The van der Waals surface area contributed by atoms with Crippen molar-refractivity contribution in [3.8, 4) is 0 Å². The summed E-state index contributed by atoms with van der Waals surface area (Å²) < 4.78 is 13.2. The van der Waals surface area contributed by atoms with Crippen LogP contribution in [0.2, 0.25) is 0 Å². The highest BCUT2D eigenvalue weighted by molar-refractivity contribution is 5.25. The van der Waals surface area contributed by atoms with Gasteiger partial charge in [-0.2, -0.15) is 0 Å². The number of rotatable bonds is 5. The number of hydrogen-bond donors (Lipinski definition) is 1. The van der Waals surface area contributed by atoms with Crippen molar-refractivity contribution in [2.75, 3.05) is 0 Å². The van der Waals surface area contributed by atoms with Crippen LogP contribution in [0.1, 0.15) is 90.5 Å². The summed E-state index contributed by atoms with van der Waals surface area (Å²) in [5.41, 5.74) is 3.71. The van der Waals surface area contributed by atoms with Gasteiger partial charge in [0.2, 0.25) is 0 Å². The molecule has 176 valence electrons. The molecule has 3 saturated carbocycles. The predicted molar refractivity (Wildman–Crippen MR) is 130 cm³/mol. The first kappa shape index (κ1) is 22.6. The minimum absolute atomic E-state index is 0.105. The molecule has 1 aromatic rings. The molecule has 3 fully saturated rings. The zero-order valence-corrected chi connectivity index (χ0v) is 20.5. The summed E-state index contributed by atoms with van der Waals surface area (Å²) in [6.07, 6.45) is 16.0. The Hall–Kier alpha value is -1.15. The molecule has 0 spiro atoms. The molecule has 5 unspecified atom stereocenters. The molecule has 0 bridgehead atoms. The molecule has 1 nitrogen and oxygen atoms in total. The van der Waals surface area contributed by atoms with E-state index in [0.717, 1.165) is 48.9 Å². The standard InChI is InChI=1S/C30H43FO/c1-20(5-4-6-21-7-10-23(31)11-8-21)26-13-14-27-25-12-9-22-19-24(32)15-17-29(22,2)28(25)16-18-30(26,27)3/h7-11,20,24-28,32H,4-6,12-19H2,1-3H3/t20-,24?,25?,26?,27+,28+,29?,30?/m1/s1. The Kier molecular flexibility index (Phi) is 6.06. The summed E-state index contributed by atoms with van der Waals surface area (Å²) in [6.45, 7) is 7.70. The van der Waals surface area contributed by atoms with Crippen molar-refractivity contribution in [3.05, 3.63) is 47.3 Å². The van der Waals surface area contributed by atoms with Crippen molar-refractivity contribution < 1.29 is 9.50 Å². The van der Waals surface area contributed by atoms with E-state index in [1.165, 1.54) is 56.9 Å². The van der Waals surface area contributed by atoms with E-state index >= 15 is 0 Å². The van der Waals surface area contributed by atoms with Gasteiger partial charge in [-0.05, 0) is 122 Å². The topological polar surface area (TPSA) is 20.2 Å². The van der Waals surface area contributed by atoms with Crippen molar-refractivity contribution in [2.45, 2.75) is 97.5 Å². The van der Waals surface area contributed by atoms with Crippen molar-refractivity contribution in [1.82, 2.24) is 0 Å². The van der Waals surface area contributed by atoms with Gasteiger partial charge in [0.05, 0.1) is 6.10 Å². The lowest BCUT2D eigenvalue weighted by Gasteiger charge is -2.58. The average Bonchev–Trinajstić information content (AvgIpc) is 3.13. The quantitative estimate of drug-likeness (QED) is 0.466. The van der Waals surface area contributed by atoms with E-state index in [0.29, 0.717) is 10.8 Å². The summed E-state index contributed by atoms with van der Waals surface area (Å²) in [6, 6.07) is 7.09. The Morgan fingerprint density at radius 2 is 1.81 bits per heavy atom. The predicted octanol–water partition coefficient (Wildman–Crippen LogP) is 7.72. The van der Waals surface area contributed by atoms with E-state index < -0.39 is 0 Å². The first-order valence-corrected chi connectivity index (χ1v) is 13.4. The Labute approximate surface area is 194 Å². The fourth-order valence-corrected chi connectivity index (χ4v) is 9.10. The Balaban J connectivity index is 1.25. The van der Waals surface area contributed by atoms with Gasteiger partial charge in [-0.25, -0.2) is 4.39 Å². The summed E-state index contributed by atoms with van der Waals surface area (Å²) in [4.78, 5) is 0. The zero-order chi connectivity index (χ0) is 22.5. The van der Waals surface area contributed by atoms with Gasteiger partial charge in [-0.15, -0.1) is 0 Å². The molecule has 2 heteroatoms. The molecule has 32 heavy (non-hydrogen) atoms. The van der Waals surface area contributed by atoms with Crippen LogP contribution in [0.15, 0.2) is 35.9 Å². The van der Waals surface area contributed by atoms with E-state index in [9.17, 15) is 9.50 Å². The number of allylic oxidation sites excluding steroid dienone is 1. The van der Waals surface area contributed by atoms with Crippen LogP contribution >= 0.6 is 0 Å². The fraction of sp³-hybridized carbons (Fsp3) is 0.733. The van der Waals surface area contributed by atoms with Crippen LogP contribution < -0.4 is 0 Å². The van der Waals surface area contributed by atoms with E-state index in [2.05, 4.69) is 26.8 Å². The van der Waals surface area contributed by atoms with Crippen LogP contribution in [0, 0.1) is 46.2 Å². The van der Waals surface area contributed by atoms with Crippen LogP contribution in [0.3, 0.4) is 0 Å². The van der Waals surface area contributed by atoms with Crippen molar-refractivity contribution in [1.29, 1.82) is 0 Å². The number of aliphatic hydroxyl groups is 1. The highest BCUT2D eigenvalue weighted by Crippen LogP contribution is 2.67. The monoisotopic (exact) mass is 438 g/mol. The van der Waals surface area contributed by atoms with Gasteiger partial charge in [0, 0.05) is 0 Å². The minimum atomic E-state index is -0.134. The van der Waals surface area contributed by atoms with Crippen LogP contribution in [0.5, 0.6) is 0 Å². The lowest BCUT2D eigenvalue weighted by atomic mass is 9.47. The molecule has 0 aliphatic heterocycles. The number of fused-ring (bicyclic) bond motifs is 5. The number of aryl methyl sites for hydroxylation is 1. The first-order chi connectivity index (χ1) is 15.3. The minimum Gasteiger partial charge on any atom is -0.393 e. The third kappa shape index (κ3) is 3.79. The molecule has 1 aromatic carbocycles. The van der Waals surface area contributed by atoms with Gasteiger partial charge in [-0.1, -0.05) is 51.0 Å². The Morgan fingerprint density at radius 1 is 1.03 bits per heavy atom. The van der Waals surface area contributed by atoms with E-state index in [1.54, 1.807) is 17.7 Å². The number of aliphatic hydroxyl groups excluding tert-OH is 1. The Bertz CT molecular complexity index is 843. The number of hydrogen-bond acceptors (Lipinski definition) is 1. The molecule has 4 aliphatic rings. The molecule has 4 aliphatic carbocycles. The van der Waals surface area contributed by atoms with Crippen molar-refractivity contribution in [2.24, 2.45) is 40.4 Å². The molecule has 1 N–H and O–H groups in total. The second kappa shape index (κ2) is 8.57. The third-order valence-corrected chi connectivity index (χ3v) is 10.9. The SMILES string of the molecule is C[C@H](CCCc1ccc(F)cc1)C1CC[C@H]2C3CC=C4CC(O)CCC4(C)[C@H]3CCC12C. The second-order valence-corrected chi connectivity index (χ2v) is 12.4. The fourth-order valence-electron chi connectivity index (χ4n) is 9.10. The summed E-state index contributed by atoms with van der Waals surface area (Å²) >= 11 is 0. The van der Waals surface area contributed by atoms with Gasteiger partial charge in [-0.3, -0.25) is 0 Å². The van der Waals surface area contributed by atoms with Gasteiger partial charge >= 0.3 is 0 Å². The van der Waals surface area contributed by atoms with Crippen molar-refractivity contribution in [3.63, 3.8) is 0 Å². The van der Waals surface area contributed by atoms with Gasteiger partial charge in [0.25, 0.3) is 0 Å². The summed E-state index contributed by atoms with van der Waals surface area (Å²) in [5.74, 6) is 4.07. The Morgan fingerprint density at radius 3 is 2.59 bits per heavy atom. The maximum absolute atomic E-state index is 13.2. The molecule has 0 aromatic heterocycles. The first-order valence-electron chi connectivity index (χ1n) is 13.4. The second-order valence-electron chi connectivity index (χ2n) is 12.4. The molecule has 0 heterocycles. The smallest absolute Gasteiger partial charge is 0.123 e. The highest BCUT2D eigenvalue weighted by Gasteiger charge is 2.59. The third-order valence-electron chi connectivity index (χ3n) is 10.9. The van der Waals surface area contributed by atoms with Gasteiger partial charge in [0.1, 0.15) is 5.82 Å². The largest absolute Gasteiger partial charge is 0.393 e. The van der Waals surface area contributed by atoms with E-state index in [1.807, 2.05) is 12.1 Å². The van der Waals surface area contributed by atoms with Gasteiger partial charge in [0.15, 0.2) is 0 Å². The molecule has 0 radical (unpaired) electrons. The number of benzene rings is 1. The van der Waals surface area contributed by atoms with Crippen LogP contribution in [0.25, 0.3) is 0 Å². The average molecular weight is 439 g/mol. The number of halogens is 1. The van der Waals surface area contributed by atoms with Crippen LogP contribution in [-0.4, -0.2) is 11.2 Å². The maximum Gasteiger partial charge on any atom is 0.123 e. The van der Waals surface area contributed by atoms with Crippen molar-refractivity contribution >= 4 is 0 Å². The summed E-state index contributed by atoms with van der Waals surface area (Å²) in [7, 11) is 0. The zero-order valence-electron chi connectivity index (χ0n) is 20.5.